The van der Waals surface area contributed by atoms with Crippen molar-refractivity contribution in [3.05, 3.63) is 60.2 Å². The summed E-state index contributed by atoms with van der Waals surface area (Å²) in [6, 6.07) is 10.5. The Morgan fingerprint density at radius 2 is 1.69 bits per heavy atom. The molecule has 0 spiro atoms. The van der Waals surface area contributed by atoms with Crippen molar-refractivity contribution in [1.82, 2.24) is 19.6 Å². The van der Waals surface area contributed by atoms with E-state index in [9.17, 15) is 9.59 Å². The molecule has 2 amide bonds. The van der Waals surface area contributed by atoms with E-state index in [1.807, 2.05) is 19.9 Å². The van der Waals surface area contributed by atoms with Gasteiger partial charge in [0.2, 0.25) is 5.91 Å². The summed E-state index contributed by atoms with van der Waals surface area (Å²) in [4.78, 5) is 24.5. The van der Waals surface area contributed by atoms with Gasteiger partial charge in [0.05, 0.1) is 0 Å². The third kappa shape index (κ3) is 3.97. The van der Waals surface area contributed by atoms with Gasteiger partial charge < -0.3 is 10.6 Å². The number of aryl methyl sites for hydroxylation is 2. The Bertz CT molecular complexity index is 927. The van der Waals surface area contributed by atoms with Crippen LogP contribution in [0, 0.1) is 6.92 Å². The van der Waals surface area contributed by atoms with Crippen molar-refractivity contribution in [3.63, 3.8) is 0 Å². The lowest BCUT2D eigenvalue weighted by Crippen LogP contribution is -2.20. The lowest BCUT2D eigenvalue weighted by Gasteiger charge is -2.10. The van der Waals surface area contributed by atoms with Gasteiger partial charge in [-0.25, -0.2) is 0 Å². The number of nitrogens with zero attached hydrogens (tertiary/aromatic N) is 4. The van der Waals surface area contributed by atoms with Crippen LogP contribution in [0.3, 0.4) is 0 Å². The maximum atomic E-state index is 12.4. The van der Waals surface area contributed by atoms with Crippen molar-refractivity contribution in [2.24, 2.45) is 0 Å². The first-order valence-electron chi connectivity index (χ1n) is 8.28. The topological polar surface area (TPSA) is 93.8 Å². The van der Waals surface area contributed by atoms with E-state index in [0.29, 0.717) is 23.6 Å². The summed E-state index contributed by atoms with van der Waals surface area (Å²) in [6.07, 6.45) is 3.24. The number of anilines is 2. The van der Waals surface area contributed by atoms with Crippen LogP contribution in [0.25, 0.3) is 0 Å². The third-order valence-electron chi connectivity index (χ3n) is 3.88. The van der Waals surface area contributed by atoms with E-state index in [1.165, 1.54) is 0 Å². The van der Waals surface area contributed by atoms with Gasteiger partial charge in [0.15, 0.2) is 0 Å². The monoisotopic (exact) mass is 352 g/mol. The Hall–Kier alpha value is -3.42. The van der Waals surface area contributed by atoms with Crippen molar-refractivity contribution in [2.45, 2.75) is 26.9 Å². The molecule has 0 saturated heterocycles. The summed E-state index contributed by atoms with van der Waals surface area (Å²) in [5.41, 5.74) is 2.58. The number of benzene rings is 1. The summed E-state index contributed by atoms with van der Waals surface area (Å²) in [7, 11) is 0. The molecule has 0 aliphatic heterocycles. The van der Waals surface area contributed by atoms with Crippen LogP contribution in [0.15, 0.2) is 48.8 Å². The summed E-state index contributed by atoms with van der Waals surface area (Å²) in [5.74, 6) is -0.440. The molecule has 0 atom stereocenters. The minimum atomic E-state index is -0.250. The zero-order valence-electron chi connectivity index (χ0n) is 14.6. The molecule has 8 nitrogen and oxygen atoms in total. The van der Waals surface area contributed by atoms with Crippen molar-refractivity contribution in [1.29, 1.82) is 0 Å². The molecule has 2 N–H and O–H groups in total. The fourth-order valence-electron chi connectivity index (χ4n) is 2.55. The molecule has 3 rings (SSSR count). The first-order valence-corrected chi connectivity index (χ1v) is 8.28. The van der Waals surface area contributed by atoms with Gasteiger partial charge in [-0.15, -0.1) is 0 Å². The van der Waals surface area contributed by atoms with E-state index in [4.69, 9.17) is 0 Å². The second-order valence-electron chi connectivity index (χ2n) is 5.75. The van der Waals surface area contributed by atoms with Crippen molar-refractivity contribution >= 4 is 23.2 Å². The highest BCUT2D eigenvalue weighted by atomic mass is 16.2. The number of amides is 2. The SMILES string of the molecule is CCn1nccc1C(=O)Nc1cccc(NC(=O)Cn2nccc2C)c1. The summed E-state index contributed by atoms with van der Waals surface area (Å²) in [6.45, 7) is 4.54. The normalized spacial score (nSPS) is 10.5. The van der Waals surface area contributed by atoms with Crippen LogP contribution in [0.1, 0.15) is 23.1 Å². The number of carbonyl (C=O) groups excluding carboxylic acids is 2. The van der Waals surface area contributed by atoms with Crippen molar-refractivity contribution in [2.75, 3.05) is 10.6 Å². The second kappa shape index (κ2) is 7.64. The molecule has 0 unspecified atom stereocenters. The van der Waals surface area contributed by atoms with Crippen LogP contribution >= 0.6 is 0 Å². The van der Waals surface area contributed by atoms with Gasteiger partial charge in [-0.1, -0.05) is 6.07 Å². The van der Waals surface area contributed by atoms with E-state index in [-0.39, 0.29) is 18.4 Å². The summed E-state index contributed by atoms with van der Waals surface area (Å²) >= 11 is 0. The maximum Gasteiger partial charge on any atom is 0.273 e. The van der Waals surface area contributed by atoms with Gasteiger partial charge in [-0.05, 0) is 44.2 Å². The second-order valence-corrected chi connectivity index (χ2v) is 5.75. The Labute approximate surface area is 150 Å². The van der Waals surface area contributed by atoms with E-state index < -0.39 is 0 Å². The number of hydrogen-bond acceptors (Lipinski definition) is 4. The highest BCUT2D eigenvalue weighted by Crippen LogP contribution is 2.16. The largest absolute Gasteiger partial charge is 0.324 e. The van der Waals surface area contributed by atoms with Crippen molar-refractivity contribution < 1.29 is 9.59 Å². The highest BCUT2D eigenvalue weighted by molar-refractivity contribution is 6.03. The average molecular weight is 352 g/mol. The smallest absolute Gasteiger partial charge is 0.273 e. The molecule has 0 radical (unpaired) electrons. The minimum absolute atomic E-state index is 0.130. The highest BCUT2D eigenvalue weighted by Gasteiger charge is 2.12. The molecular weight excluding hydrogens is 332 g/mol. The third-order valence-corrected chi connectivity index (χ3v) is 3.88. The van der Waals surface area contributed by atoms with Crippen LogP contribution in [0.5, 0.6) is 0 Å². The van der Waals surface area contributed by atoms with E-state index in [1.54, 1.807) is 52.1 Å². The number of nitrogens with one attached hydrogen (secondary N) is 2. The predicted octanol–water partition coefficient (Wildman–Crippen LogP) is 2.30. The van der Waals surface area contributed by atoms with E-state index >= 15 is 0 Å². The van der Waals surface area contributed by atoms with Crippen LogP contribution < -0.4 is 10.6 Å². The first-order chi connectivity index (χ1) is 12.6. The van der Waals surface area contributed by atoms with Crippen LogP contribution in [0.2, 0.25) is 0 Å². The Morgan fingerprint density at radius 1 is 1.00 bits per heavy atom. The van der Waals surface area contributed by atoms with Gasteiger partial charge in [-0.3, -0.25) is 19.0 Å². The maximum absolute atomic E-state index is 12.4. The van der Waals surface area contributed by atoms with E-state index in [2.05, 4.69) is 20.8 Å². The molecule has 1 aromatic carbocycles. The zero-order chi connectivity index (χ0) is 18.5. The molecule has 0 fully saturated rings. The lowest BCUT2D eigenvalue weighted by molar-refractivity contribution is -0.116. The van der Waals surface area contributed by atoms with Crippen LogP contribution in [-0.2, 0) is 17.9 Å². The Kier molecular flexibility index (Phi) is 5.12. The van der Waals surface area contributed by atoms with Gasteiger partial charge in [0, 0.05) is 36.0 Å². The molecule has 2 aromatic heterocycles. The molecule has 26 heavy (non-hydrogen) atoms. The Balaban J connectivity index is 1.65. The van der Waals surface area contributed by atoms with Gasteiger partial charge in [-0.2, -0.15) is 10.2 Å². The summed E-state index contributed by atoms with van der Waals surface area (Å²) < 4.78 is 3.24. The minimum Gasteiger partial charge on any atom is -0.324 e. The molecule has 2 heterocycles. The number of aromatic nitrogens is 4. The number of rotatable bonds is 6. The predicted molar refractivity (Wildman–Crippen MR) is 97.9 cm³/mol. The molecule has 0 aliphatic carbocycles. The molecule has 3 aromatic rings. The lowest BCUT2D eigenvalue weighted by atomic mass is 10.2. The molecular formula is C18H20N6O2. The average Bonchev–Trinajstić information content (AvgIpc) is 3.24. The molecule has 8 heteroatoms. The molecule has 134 valence electrons. The first kappa shape index (κ1) is 17.4. The van der Waals surface area contributed by atoms with Gasteiger partial charge in [0.1, 0.15) is 12.2 Å². The Morgan fingerprint density at radius 3 is 2.38 bits per heavy atom. The van der Waals surface area contributed by atoms with Gasteiger partial charge in [0.25, 0.3) is 5.91 Å². The molecule has 0 aliphatic rings. The summed E-state index contributed by atoms with van der Waals surface area (Å²) in [5, 5.41) is 13.8. The number of hydrogen-bond donors (Lipinski definition) is 2. The number of carbonyl (C=O) groups is 2. The molecule has 0 bridgehead atoms. The van der Waals surface area contributed by atoms with Crippen LogP contribution in [-0.4, -0.2) is 31.4 Å². The van der Waals surface area contributed by atoms with Gasteiger partial charge >= 0.3 is 0 Å². The van der Waals surface area contributed by atoms with E-state index in [0.717, 1.165) is 5.69 Å². The molecule has 0 saturated carbocycles. The van der Waals surface area contributed by atoms with Crippen molar-refractivity contribution in [3.8, 4) is 0 Å². The quantitative estimate of drug-likeness (QED) is 0.712. The zero-order valence-corrected chi connectivity index (χ0v) is 14.6. The standard InChI is InChI=1S/C18H20N6O2/c1-3-23-16(8-10-19-23)18(26)22-15-6-4-5-14(11-15)21-17(25)12-24-13(2)7-9-20-24/h4-11H,3,12H2,1-2H3,(H,21,25)(H,22,26). The van der Waals surface area contributed by atoms with Crippen LogP contribution in [0.4, 0.5) is 11.4 Å². The fourth-order valence-corrected chi connectivity index (χ4v) is 2.55. The fraction of sp³-hybridized carbons (Fsp3) is 0.222.